The topological polar surface area (TPSA) is 76.7 Å². The lowest BCUT2D eigenvalue weighted by Crippen LogP contribution is -2.27. The minimum absolute atomic E-state index is 0.203. The van der Waals surface area contributed by atoms with E-state index in [9.17, 15) is 9.59 Å². The molecule has 0 bridgehead atoms. The molecule has 0 saturated heterocycles. The van der Waals surface area contributed by atoms with Crippen molar-refractivity contribution in [2.24, 2.45) is 0 Å². The molecule has 2 N–H and O–H groups in total. The van der Waals surface area contributed by atoms with Crippen LogP contribution in [0.1, 0.15) is 33.6 Å². The molecule has 1 aromatic rings. The van der Waals surface area contributed by atoms with Crippen molar-refractivity contribution in [1.29, 1.82) is 0 Å². The minimum atomic E-state index is -0.203. The lowest BCUT2D eigenvalue weighted by molar-refractivity contribution is 0.0935. The second-order valence-corrected chi connectivity index (χ2v) is 6.73. The lowest BCUT2D eigenvalue weighted by atomic mass is 10.1. The smallest absolute Gasteiger partial charge is 0.252 e. The Morgan fingerprint density at radius 1 is 0.875 bits per heavy atom. The van der Waals surface area contributed by atoms with Gasteiger partial charge in [0.15, 0.2) is 0 Å². The SMILES string of the molecule is COCCCNC(=O)c1cc(Br)c(C(=O)NCCCOC)cc1Br. The van der Waals surface area contributed by atoms with Gasteiger partial charge in [0.25, 0.3) is 11.8 Å². The Hall–Kier alpha value is -0.960. The highest BCUT2D eigenvalue weighted by Crippen LogP contribution is 2.26. The van der Waals surface area contributed by atoms with E-state index in [0.29, 0.717) is 46.4 Å². The van der Waals surface area contributed by atoms with Gasteiger partial charge in [-0.2, -0.15) is 0 Å². The van der Waals surface area contributed by atoms with Crippen molar-refractivity contribution in [1.82, 2.24) is 10.6 Å². The first-order valence-corrected chi connectivity index (χ1v) is 9.13. The van der Waals surface area contributed by atoms with Gasteiger partial charge in [-0.05, 0) is 56.8 Å². The van der Waals surface area contributed by atoms with E-state index >= 15 is 0 Å². The number of hydrogen-bond donors (Lipinski definition) is 2. The van der Waals surface area contributed by atoms with E-state index in [1.54, 1.807) is 26.4 Å². The Morgan fingerprint density at radius 3 is 1.58 bits per heavy atom. The summed E-state index contributed by atoms with van der Waals surface area (Å²) in [5.74, 6) is -0.406. The van der Waals surface area contributed by atoms with E-state index in [0.717, 1.165) is 12.8 Å². The highest BCUT2D eigenvalue weighted by molar-refractivity contribution is 9.11. The zero-order valence-corrected chi connectivity index (χ0v) is 17.0. The van der Waals surface area contributed by atoms with E-state index in [4.69, 9.17) is 9.47 Å². The summed E-state index contributed by atoms with van der Waals surface area (Å²) >= 11 is 6.72. The van der Waals surface area contributed by atoms with Crippen LogP contribution >= 0.6 is 31.9 Å². The van der Waals surface area contributed by atoms with E-state index in [-0.39, 0.29) is 11.8 Å². The molecule has 2 amide bonds. The van der Waals surface area contributed by atoms with Crippen LogP contribution in [0.4, 0.5) is 0 Å². The van der Waals surface area contributed by atoms with Crippen molar-refractivity contribution in [2.75, 3.05) is 40.5 Å². The van der Waals surface area contributed by atoms with Crippen LogP contribution in [0.15, 0.2) is 21.1 Å². The molecule has 8 heteroatoms. The van der Waals surface area contributed by atoms with Gasteiger partial charge in [0.05, 0.1) is 11.1 Å². The second-order valence-electron chi connectivity index (χ2n) is 5.02. The van der Waals surface area contributed by atoms with Crippen molar-refractivity contribution in [2.45, 2.75) is 12.8 Å². The summed E-state index contributed by atoms with van der Waals surface area (Å²) in [6.45, 7) is 2.23. The molecule has 0 atom stereocenters. The van der Waals surface area contributed by atoms with Crippen LogP contribution in [0.5, 0.6) is 0 Å². The third kappa shape index (κ3) is 6.88. The molecule has 24 heavy (non-hydrogen) atoms. The van der Waals surface area contributed by atoms with Gasteiger partial charge in [-0.15, -0.1) is 0 Å². The van der Waals surface area contributed by atoms with Crippen LogP contribution in [0.2, 0.25) is 0 Å². The van der Waals surface area contributed by atoms with Crippen LogP contribution in [0, 0.1) is 0 Å². The van der Waals surface area contributed by atoms with E-state index in [2.05, 4.69) is 42.5 Å². The first kappa shape index (κ1) is 21.1. The van der Waals surface area contributed by atoms with E-state index in [1.165, 1.54) is 0 Å². The van der Waals surface area contributed by atoms with Gasteiger partial charge in [0.1, 0.15) is 0 Å². The fourth-order valence-electron chi connectivity index (χ4n) is 1.92. The zero-order valence-electron chi connectivity index (χ0n) is 13.8. The molecule has 1 rings (SSSR count). The Bertz CT molecular complexity index is 518. The zero-order chi connectivity index (χ0) is 17.9. The van der Waals surface area contributed by atoms with Crippen molar-refractivity contribution in [3.63, 3.8) is 0 Å². The fourth-order valence-corrected chi connectivity index (χ4v) is 2.97. The van der Waals surface area contributed by atoms with Crippen molar-refractivity contribution in [3.05, 3.63) is 32.2 Å². The summed E-state index contributed by atoms with van der Waals surface area (Å²) in [7, 11) is 3.24. The summed E-state index contributed by atoms with van der Waals surface area (Å²) in [5, 5.41) is 5.63. The number of halogens is 2. The summed E-state index contributed by atoms with van der Waals surface area (Å²) in [6.07, 6.45) is 1.48. The Kier molecular flexibility index (Phi) is 10.2. The van der Waals surface area contributed by atoms with Crippen LogP contribution in [0.25, 0.3) is 0 Å². The van der Waals surface area contributed by atoms with Crippen LogP contribution < -0.4 is 10.6 Å². The lowest BCUT2D eigenvalue weighted by Gasteiger charge is -2.11. The van der Waals surface area contributed by atoms with E-state index < -0.39 is 0 Å². The fraction of sp³-hybridized carbons (Fsp3) is 0.500. The number of nitrogens with one attached hydrogen (secondary N) is 2. The predicted molar refractivity (Wildman–Crippen MR) is 99.5 cm³/mol. The number of rotatable bonds is 10. The maximum atomic E-state index is 12.2. The number of ether oxygens (including phenoxy) is 2. The maximum Gasteiger partial charge on any atom is 0.252 e. The van der Waals surface area contributed by atoms with Crippen molar-refractivity contribution in [3.8, 4) is 0 Å². The predicted octanol–water partition coefficient (Wildman–Crippen LogP) is 2.74. The summed E-state index contributed by atoms with van der Waals surface area (Å²) in [4.78, 5) is 24.4. The van der Waals surface area contributed by atoms with Crippen molar-refractivity contribution < 1.29 is 19.1 Å². The number of methoxy groups -OCH3 is 2. The molecule has 0 spiro atoms. The van der Waals surface area contributed by atoms with Gasteiger partial charge in [-0.1, -0.05) is 0 Å². The number of amides is 2. The average molecular weight is 466 g/mol. The highest BCUT2D eigenvalue weighted by atomic mass is 79.9. The molecule has 0 aromatic heterocycles. The number of carbonyl (C=O) groups excluding carboxylic acids is 2. The molecular formula is C16H22Br2N2O4. The maximum absolute atomic E-state index is 12.2. The molecule has 6 nitrogen and oxygen atoms in total. The molecule has 0 unspecified atom stereocenters. The first-order chi connectivity index (χ1) is 11.5. The molecule has 0 radical (unpaired) electrons. The third-order valence-corrected chi connectivity index (χ3v) is 4.48. The van der Waals surface area contributed by atoms with Gasteiger partial charge in [0, 0.05) is 49.5 Å². The summed E-state index contributed by atoms with van der Waals surface area (Å²) in [6, 6.07) is 3.28. The van der Waals surface area contributed by atoms with Crippen LogP contribution in [-0.4, -0.2) is 52.3 Å². The largest absolute Gasteiger partial charge is 0.385 e. The first-order valence-electron chi connectivity index (χ1n) is 7.54. The van der Waals surface area contributed by atoms with Crippen LogP contribution in [0.3, 0.4) is 0 Å². The molecule has 1 aromatic carbocycles. The molecule has 134 valence electrons. The average Bonchev–Trinajstić information content (AvgIpc) is 2.57. The number of carbonyl (C=O) groups is 2. The molecule has 0 saturated carbocycles. The molecule has 0 aliphatic heterocycles. The molecule has 0 aliphatic rings. The summed E-state index contributed by atoms with van der Waals surface area (Å²) < 4.78 is 11.0. The third-order valence-electron chi connectivity index (χ3n) is 3.17. The highest BCUT2D eigenvalue weighted by Gasteiger charge is 2.17. The molecular weight excluding hydrogens is 444 g/mol. The van der Waals surface area contributed by atoms with E-state index in [1.807, 2.05) is 0 Å². The Morgan fingerprint density at radius 2 is 1.25 bits per heavy atom. The van der Waals surface area contributed by atoms with Gasteiger partial charge in [0.2, 0.25) is 0 Å². The summed E-state index contributed by atoms with van der Waals surface area (Å²) in [5.41, 5.74) is 0.936. The molecule has 0 fully saturated rings. The monoisotopic (exact) mass is 464 g/mol. The van der Waals surface area contributed by atoms with Gasteiger partial charge >= 0.3 is 0 Å². The minimum Gasteiger partial charge on any atom is -0.385 e. The quantitative estimate of drug-likeness (QED) is 0.521. The Balaban J connectivity index is 2.70. The standard InChI is InChI=1S/C16H22Br2N2O4/c1-23-7-3-5-19-15(21)11-9-14(18)12(10-13(11)17)16(22)20-6-4-8-24-2/h9-10H,3-8H2,1-2H3,(H,19,21)(H,20,22). The number of benzene rings is 1. The molecule has 0 heterocycles. The van der Waals surface area contributed by atoms with Gasteiger partial charge in [-0.25, -0.2) is 0 Å². The number of hydrogen-bond acceptors (Lipinski definition) is 4. The normalized spacial score (nSPS) is 10.5. The van der Waals surface area contributed by atoms with Gasteiger partial charge in [-0.3, -0.25) is 9.59 Å². The second kappa shape index (κ2) is 11.6. The molecule has 0 aliphatic carbocycles. The van der Waals surface area contributed by atoms with Crippen LogP contribution in [-0.2, 0) is 9.47 Å². The Labute approximate surface area is 158 Å². The van der Waals surface area contributed by atoms with Gasteiger partial charge < -0.3 is 20.1 Å². The van der Waals surface area contributed by atoms with Crippen molar-refractivity contribution >= 4 is 43.7 Å².